The van der Waals surface area contributed by atoms with Crippen molar-refractivity contribution in [2.45, 2.75) is 25.2 Å². The molecule has 0 saturated heterocycles. The third kappa shape index (κ3) is 3.71. The number of H-pyrrole nitrogens is 1. The highest BCUT2D eigenvalue weighted by atomic mass is 16.3. The Bertz CT molecular complexity index is 895. The molecule has 1 aliphatic rings. The van der Waals surface area contributed by atoms with Crippen LogP contribution in [0.15, 0.2) is 54.6 Å². The van der Waals surface area contributed by atoms with Crippen LogP contribution in [-0.4, -0.2) is 21.2 Å². The lowest BCUT2D eigenvalue weighted by molar-refractivity contribution is -0.115. The molecule has 0 bridgehead atoms. The van der Waals surface area contributed by atoms with Crippen LogP contribution >= 0.6 is 0 Å². The van der Waals surface area contributed by atoms with Crippen LogP contribution in [0.25, 0.3) is 11.1 Å². The number of hydrogen-bond acceptors (Lipinski definition) is 3. The Morgan fingerprint density at radius 2 is 1.92 bits per heavy atom. The second-order valence-corrected chi connectivity index (χ2v) is 6.46. The summed E-state index contributed by atoms with van der Waals surface area (Å²) in [6.45, 7) is 0. The van der Waals surface area contributed by atoms with Crippen LogP contribution in [0.5, 0.6) is 5.75 Å². The number of benzene rings is 2. The number of carbonyl (C=O) groups excluding carboxylic acids is 1. The summed E-state index contributed by atoms with van der Waals surface area (Å²) in [4.78, 5) is 12.2. The molecule has 0 atom stereocenters. The highest BCUT2D eigenvalue weighted by Crippen LogP contribution is 2.39. The summed E-state index contributed by atoms with van der Waals surface area (Å²) in [5.41, 5.74) is 3.98. The van der Waals surface area contributed by atoms with Gasteiger partial charge in [0, 0.05) is 17.7 Å². The van der Waals surface area contributed by atoms with Gasteiger partial charge in [-0.15, -0.1) is 0 Å². The van der Waals surface area contributed by atoms with E-state index >= 15 is 0 Å². The molecule has 0 spiro atoms. The molecule has 1 aliphatic carbocycles. The van der Waals surface area contributed by atoms with Gasteiger partial charge < -0.3 is 10.4 Å². The molecule has 3 N–H and O–H groups in total. The van der Waals surface area contributed by atoms with Crippen LogP contribution in [0.4, 0.5) is 5.82 Å². The van der Waals surface area contributed by atoms with Gasteiger partial charge in [0.1, 0.15) is 5.75 Å². The van der Waals surface area contributed by atoms with Gasteiger partial charge in [0.25, 0.3) is 0 Å². The number of nitrogens with one attached hydrogen (secondary N) is 2. The van der Waals surface area contributed by atoms with Crippen molar-refractivity contribution in [3.63, 3.8) is 0 Å². The fraction of sp³-hybridized carbons (Fsp3) is 0.200. The number of carbonyl (C=O) groups is 1. The minimum absolute atomic E-state index is 0.0843. The van der Waals surface area contributed by atoms with Gasteiger partial charge in [0.2, 0.25) is 5.91 Å². The molecular weight excluding hydrogens is 314 g/mol. The molecule has 0 unspecified atom stereocenters. The zero-order valence-electron chi connectivity index (χ0n) is 13.7. The minimum atomic E-state index is -0.0843. The molecule has 1 heterocycles. The van der Waals surface area contributed by atoms with Crippen molar-refractivity contribution in [1.82, 2.24) is 10.2 Å². The standard InChI is InChI=1S/C20H19N3O2/c24-17-3-1-2-16(11-17)14-6-4-13(5-7-14)10-20(25)21-19-12-18(22-23-19)15-8-9-15/h1-7,11-12,15,24H,8-10H2,(H2,21,22,23,25). The average molecular weight is 333 g/mol. The van der Waals surface area contributed by atoms with Crippen LogP contribution in [0.1, 0.15) is 30.0 Å². The van der Waals surface area contributed by atoms with E-state index in [9.17, 15) is 9.90 Å². The van der Waals surface area contributed by atoms with Crippen LogP contribution in [0.3, 0.4) is 0 Å². The number of phenolic OH excluding ortho intramolecular Hbond substituents is 1. The monoisotopic (exact) mass is 333 g/mol. The van der Waals surface area contributed by atoms with Crippen molar-refractivity contribution in [3.05, 3.63) is 65.9 Å². The molecule has 5 nitrogen and oxygen atoms in total. The summed E-state index contributed by atoms with van der Waals surface area (Å²) in [7, 11) is 0. The van der Waals surface area contributed by atoms with E-state index in [0.717, 1.165) is 22.4 Å². The van der Waals surface area contributed by atoms with E-state index in [1.165, 1.54) is 12.8 Å². The van der Waals surface area contributed by atoms with E-state index in [-0.39, 0.29) is 11.7 Å². The second kappa shape index (κ2) is 6.43. The summed E-state index contributed by atoms with van der Waals surface area (Å²) in [5.74, 6) is 1.33. The Hall–Kier alpha value is -3.08. The first-order valence-electron chi connectivity index (χ1n) is 8.41. The molecule has 0 radical (unpaired) electrons. The maximum absolute atomic E-state index is 12.2. The molecule has 126 valence electrons. The van der Waals surface area contributed by atoms with Gasteiger partial charge in [0.15, 0.2) is 5.82 Å². The number of aromatic hydroxyl groups is 1. The fourth-order valence-electron chi connectivity index (χ4n) is 2.88. The lowest BCUT2D eigenvalue weighted by Gasteiger charge is -2.05. The smallest absolute Gasteiger partial charge is 0.229 e. The van der Waals surface area contributed by atoms with E-state index in [1.807, 2.05) is 42.5 Å². The predicted octanol–water partition coefficient (Wildman–Crippen LogP) is 3.84. The molecule has 1 fully saturated rings. The van der Waals surface area contributed by atoms with Crippen molar-refractivity contribution in [2.75, 3.05) is 5.32 Å². The van der Waals surface area contributed by atoms with Crippen LogP contribution < -0.4 is 5.32 Å². The molecule has 1 amide bonds. The molecule has 3 aromatic rings. The van der Waals surface area contributed by atoms with E-state index in [4.69, 9.17) is 0 Å². The Kier molecular flexibility index (Phi) is 3.98. The first-order chi connectivity index (χ1) is 12.2. The Labute approximate surface area is 145 Å². The van der Waals surface area contributed by atoms with Gasteiger partial charge in [-0.25, -0.2) is 0 Å². The molecule has 2 aromatic carbocycles. The topological polar surface area (TPSA) is 78.0 Å². The SMILES string of the molecule is O=C(Cc1ccc(-c2cccc(O)c2)cc1)Nc1cc(C2CC2)[nH]n1. The number of nitrogens with zero attached hydrogens (tertiary/aromatic N) is 1. The lowest BCUT2D eigenvalue weighted by atomic mass is 10.0. The maximum Gasteiger partial charge on any atom is 0.229 e. The number of amides is 1. The third-order valence-corrected chi connectivity index (χ3v) is 4.38. The molecule has 5 heteroatoms. The minimum Gasteiger partial charge on any atom is -0.508 e. The lowest BCUT2D eigenvalue weighted by Crippen LogP contribution is -2.14. The Morgan fingerprint density at radius 1 is 1.12 bits per heavy atom. The normalized spacial score (nSPS) is 13.6. The van der Waals surface area contributed by atoms with Crippen molar-refractivity contribution in [3.8, 4) is 16.9 Å². The molecular formula is C20H19N3O2. The van der Waals surface area contributed by atoms with Crippen LogP contribution in [0.2, 0.25) is 0 Å². The zero-order valence-corrected chi connectivity index (χ0v) is 13.7. The quantitative estimate of drug-likeness (QED) is 0.664. The van der Waals surface area contributed by atoms with E-state index < -0.39 is 0 Å². The molecule has 25 heavy (non-hydrogen) atoms. The second-order valence-electron chi connectivity index (χ2n) is 6.46. The Morgan fingerprint density at radius 3 is 2.64 bits per heavy atom. The predicted molar refractivity (Wildman–Crippen MR) is 96.4 cm³/mol. The summed E-state index contributed by atoms with van der Waals surface area (Å²) < 4.78 is 0. The van der Waals surface area contributed by atoms with Crippen molar-refractivity contribution >= 4 is 11.7 Å². The molecule has 1 aromatic heterocycles. The largest absolute Gasteiger partial charge is 0.508 e. The van der Waals surface area contributed by atoms with Gasteiger partial charge in [-0.2, -0.15) is 5.10 Å². The van der Waals surface area contributed by atoms with Gasteiger partial charge in [0.05, 0.1) is 6.42 Å². The summed E-state index contributed by atoms with van der Waals surface area (Å²) in [6.07, 6.45) is 2.69. The number of anilines is 1. The number of rotatable bonds is 5. The molecule has 1 saturated carbocycles. The first kappa shape index (κ1) is 15.4. The third-order valence-electron chi connectivity index (χ3n) is 4.38. The van der Waals surface area contributed by atoms with E-state index in [2.05, 4.69) is 15.5 Å². The van der Waals surface area contributed by atoms with Crippen molar-refractivity contribution < 1.29 is 9.90 Å². The summed E-state index contributed by atoms with van der Waals surface area (Å²) in [6, 6.07) is 16.8. The van der Waals surface area contributed by atoms with Crippen LogP contribution in [0, 0.1) is 0 Å². The number of aromatic amines is 1. The summed E-state index contributed by atoms with van der Waals surface area (Å²) >= 11 is 0. The average Bonchev–Trinajstić information content (AvgIpc) is 3.35. The maximum atomic E-state index is 12.2. The first-order valence-corrected chi connectivity index (χ1v) is 8.41. The highest BCUT2D eigenvalue weighted by Gasteiger charge is 2.25. The fourth-order valence-corrected chi connectivity index (χ4v) is 2.88. The number of hydrogen-bond donors (Lipinski definition) is 3. The van der Waals surface area contributed by atoms with Gasteiger partial charge in [-0.3, -0.25) is 9.89 Å². The zero-order chi connectivity index (χ0) is 17.2. The van der Waals surface area contributed by atoms with Crippen LogP contribution in [-0.2, 0) is 11.2 Å². The van der Waals surface area contributed by atoms with Gasteiger partial charge >= 0.3 is 0 Å². The van der Waals surface area contributed by atoms with Gasteiger partial charge in [-0.1, -0.05) is 36.4 Å². The Balaban J connectivity index is 1.39. The van der Waals surface area contributed by atoms with E-state index in [1.54, 1.807) is 12.1 Å². The summed E-state index contributed by atoms with van der Waals surface area (Å²) in [5, 5.41) is 19.5. The number of phenols is 1. The molecule has 0 aliphatic heterocycles. The number of aromatic nitrogens is 2. The van der Waals surface area contributed by atoms with Crippen molar-refractivity contribution in [1.29, 1.82) is 0 Å². The van der Waals surface area contributed by atoms with Gasteiger partial charge in [-0.05, 0) is 41.7 Å². The van der Waals surface area contributed by atoms with Crippen molar-refractivity contribution in [2.24, 2.45) is 0 Å². The van der Waals surface area contributed by atoms with E-state index in [0.29, 0.717) is 18.2 Å². The molecule has 4 rings (SSSR count). The highest BCUT2D eigenvalue weighted by molar-refractivity contribution is 5.91.